The van der Waals surface area contributed by atoms with Gasteiger partial charge >= 0.3 is 0 Å². The van der Waals surface area contributed by atoms with Crippen LogP contribution in [0, 0.1) is 5.41 Å². The molecule has 132 valence electrons. The first-order chi connectivity index (χ1) is 11.3. The summed E-state index contributed by atoms with van der Waals surface area (Å²) in [7, 11) is 1.92. The van der Waals surface area contributed by atoms with Gasteiger partial charge in [-0.1, -0.05) is 19.4 Å². The van der Waals surface area contributed by atoms with Crippen molar-refractivity contribution in [2.75, 3.05) is 13.6 Å². The molecular weight excluding hydrogens is 316 g/mol. The summed E-state index contributed by atoms with van der Waals surface area (Å²) >= 11 is 1.89. The number of ketones is 1. The number of fused-ring (bicyclic) bond motifs is 1. The van der Waals surface area contributed by atoms with Crippen LogP contribution in [0.3, 0.4) is 0 Å². The maximum atomic E-state index is 12.5. The Labute approximate surface area is 149 Å². The number of hydrogen-bond donors (Lipinski definition) is 1. The molecule has 3 nitrogen and oxygen atoms in total. The lowest BCUT2D eigenvalue weighted by Gasteiger charge is -2.29. The first-order valence-electron chi connectivity index (χ1n) is 9.11. The van der Waals surface area contributed by atoms with E-state index in [1.807, 2.05) is 18.4 Å². The highest BCUT2D eigenvalue weighted by atomic mass is 32.1. The van der Waals surface area contributed by atoms with Crippen molar-refractivity contribution in [3.05, 3.63) is 26.5 Å². The zero-order valence-electron chi connectivity index (χ0n) is 15.5. The van der Waals surface area contributed by atoms with E-state index in [4.69, 9.17) is 5.84 Å². The fourth-order valence-corrected chi connectivity index (χ4v) is 5.71. The molecule has 2 aliphatic rings. The van der Waals surface area contributed by atoms with E-state index in [9.17, 15) is 4.79 Å². The third-order valence-corrected chi connectivity index (χ3v) is 6.77. The fourth-order valence-electron chi connectivity index (χ4n) is 4.22. The quantitative estimate of drug-likeness (QED) is 0.492. The number of thiophene rings is 1. The van der Waals surface area contributed by atoms with Gasteiger partial charge in [0.05, 0.1) is 0 Å². The smallest absolute Gasteiger partial charge is 0.161 e. The fraction of sp³-hybridized carbons (Fsp3) is 0.650. The summed E-state index contributed by atoms with van der Waals surface area (Å²) in [6.45, 7) is 7.20. The number of hydrogen-bond acceptors (Lipinski definition) is 4. The summed E-state index contributed by atoms with van der Waals surface area (Å²) in [5, 5.41) is 1.77. The summed E-state index contributed by atoms with van der Waals surface area (Å²) in [4.78, 5) is 15.2. The molecule has 0 saturated heterocycles. The number of aryl methyl sites for hydroxylation is 1. The lowest BCUT2D eigenvalue weighted by Crippen LogP contribution is -2.29. The number of rotatable bonds is 4. The average molecular weight is 347 g/mol. The topological polar surface area (TPSA) is 46.3 Å². The molecule has 0 unspecified atom stereocenters. The zero-order chi connectivity index (χ0) is 17.5. The van der Waals surface area contributed by atoms with Crippen LogP contribution in [0.25, 0.3) is 5.57 Å². The van der Waals surface area contributed by atoms with Crippen LogP contribution < -0.4 is 5.84 Å². The SMILES string of the molecule is CC(=O)c1c(C2=C(CN(C)N)CCCC2)sc2c1CC(C)(C)CC2. The first kappa shape index (κ1) is 17.8. The number of Topliss-reactive ketones (excluding diaryl/α,β-unsaturated/α-hetero) is 1. The average Bonchev–Trinajstić information content (AvgIpc) is 2.84. The second-order valence-electron chi connectivity index (χ2n) is 8.31. The largest absolute Gasteiger partial charge is 0.294 e. The molecule has 0 spiro atoms. The van der Waals surface area contributed by atoms with Crippen molar-refractivity contribution in [2.45, 2.75) is 65.7 Å². The van der Waals surface area contributed by atoms with E-state index in [1.54, 1.807) is 11.9 Å². The first-order valence-corrected chi connectivity index (χ1v) is 9.93. The molecule has 0 radical (unpaired) electrons. The van der Waals surface area contributed by atoms with Crippen LogP contribution in [0.2, 0.25) is 0 Å². The molecule has 0 aliphatic heterocycles. The van der Waals surface area contributed by atoms with Gasteiger partial charge in [0.1, 0.15) is 0 Å². The van der Waals surface area contributed by atoms with Crippen LogP contribution in [0.1, 0.15) is 78.6 Å². The Bertz CT molecular complexity index is 682. The van der Waals surface area contributed by atoms with E-state index in [0.29, 0.717) is 5.41 Å². The minimum absolute atomic E-state index is 0.235. The molecule has 1 aromatic heterocycles. The van der Waals surface area contributed by atoms with E-state index < -0.39 is 0 Å². The monoisotopic (exact) mass is 346 g/mol. The maximum absolute atomic E-state index is 12.5. The predicted octanol–water partition coefficient (Wildman–Crippen LogP) is 4.60. The Morgan fingerprint density at radius 1 is 1.25 bits per heavy atom. The molecule has 0 saturated carbocycles. The molecule has 4 heteroatoms. The molecule has 1 heterocycles. The van der Waals surface area contributed by atoms with Crippen molar-refractivity contribution >= 4 is 22.7 Å². The molecule has 0 bridgehead atoms. The number of nitrogens with zero attached hydrogens (tertiary/aromatic N) is 1. The van der Waals surface area contributed by atoms with Gasteiger partial charge in [-0.15, -0.1) is 11.3 Å². The normalized spacial score (nSPS) is 20.4. The standard InChI is InChI=1S/C20H30N2OS/c1-13(23)18-16-11-20(2,3)10-9-17(16)24-19(18)15-8-6-5-7-14(15)12-22(4)21/h5-12,21H2,1-4H3. The summed E-state index contributed by atoms with van der Waals surface area (Å²) < 4.78 is 0. The highest BCUT2D eigenvalue weighted by Crippen LogP contribution is 2.46. The highest BCUT2D eigenvalue weighted by Gasteiger charge is 2.33. The Morgan fingerprint density at radius 3 is 2.62 bits per heavy atom. The molecule has 0 amide bonds. The van der Waals surface area contributed by atoms with Gasteiger partial charge in [0.15, 0.2) is 5.78 Å². The van der Waals surface area contributed by atoms with Crippen molar-refractivity contribution < 1.29 is 4.79 Å². The van der Waals surface area contributed by atoms with Gasteiger partial charge in [-0.3, -0.25) is 10.6 Å². The third-order valence-electron chi connectivity index (χ3n) is 5.42. The van der Waals surface area contributed by atoms with Gasteiger partial charge < -0.3 is 0 Å². The summed E-state index contributed by atoms with van der Waals surface area (Å²) in [5.74, 6) is 6.16. The van der Waals surface area contributed by atoms with Crippen LogP contribution >= 0.6 is 11.3 Å². The predicted molar refractivity (Wildman–Crippen MR) is 102 cm³/mol. The van der Waals surface area contributed by atoms with Crippen molar-refractivity contribution in [3.63, 3.8) is 0 Å². The minimum atomic E-state index is 0.235. The van der Waals surface area contributed by atoms with Crippen LogP contribution in [0.5, 0.6) is 0 Å². The number of carbonyl (C=O) groups is 1. The number of likely N-dealkylation sites (N-methyl/N-ethyl adjacent to an activating group) is 1. The van der Waals surface area contributed by atoms with Crippen LogP contribution in [-0.2, 0) is 12.8 Å². The molecule has 24 heavy (non-hydrogen) atoms. The van der Waals surface area contributed by atoms with E-state index in [2.05, 4.69) is 13.8 Å². The van der Waals surface area contributed by atoms with Crippen molar-refractivity contribution in [2.24, 2.45) is 11.3 Å². The molecule has 1 aromatic rings. The van der Waals surface area contributed by atoms with E-state index in [1.165, 1.54) is 45.7 Å². The molecule has 0 aromatic carbocycles. The van der Waals surface area contributed by atoms with Gasteiger partial charge in [-0.05, 0) is 68.4 Å². The van der Waals surface area contributed by atoms with Gasteiger partial charge in [-0.2, -0.15) is 0 Å². The molecule has 3 rings (SSSR count). The molecule has 0 atom stereocenters. The molecular formula is C20H30N2OS. The van der Waals surface area contributed by atoms with Crippen molar-refractivity contribution in [1.29, 1.82) is 0 Å². The Morgan fingerprint density at radius 2 is 1.96 bits per heavy atom. The Hall–Kier alpha value is -0.970. The van der Waals surface area contributed by atoms with Gasteiger partial charge in [-0.25, -0.2) is 5.01 Å². The molecule has 2 N–H and O–H groups in total. The summed E-state index contributed by atoms with van der Waals surface area (Å²) in [5.41, 5.74) is 5.53. The minimum Gasteiger partial charge on any atom is -0.294 e. The lowest BCUT2D eigenvalue weighted by atomic mass is 9.75. The summed E-state index contributed by atoms with van der Waals surface area (Å²) in [6, 6.07) is 0. The van der Waals surface area contributed by atoms with Crippen LogP contribution in [0.15, 0.2) is 5.57 Å². The number of carbonyl (C=O) groups excluding carboxylic acids is 1. The Kier molecular flexibility index (Phi) is 5.01. The van der Waals surface area contributed by atoms with Crippen molar-refractivity contribution in [1.82, 2.24) is 5.01 Å². The second-order valence-corrected chi connectivity index (χ2v) is 9.41. The maximum Gasteiger partial charge on any atom is 0.161 e. The van der Waals surface area contributed by atoms with Gasteiger partial charge in [0, 0.05) is 28.9 Å². The lowest BCUT2D eigenvalue weighted by molar-refractivity contribution is 0.101. The number of nitrogens with two attached hydrogens (primary N) is 1. The van der Waals surface area contributed by atoms with Gasteiger partial charge in [0.25, 0.3) is 0 Å². The van der Waals surface area contributed by atoms with Crippen molar-refractivity contribution in [3.8, 4) is 0 Å². The van der Waals surface area contributed by atoms with E-state index in [-0.39, 0.29) is 5.78 Å². The third kappa shape index (κ3) is 3.51. The number of allylic oxidation sites excluding steroid dienone is 1. The summed E-state index contributed by atoms with van der Waals surface area (Å²) in [6.07, 6.45) is 8.03. The zero-order valence-corrected chi connectivity index (χ0v) is 16.3. The van der Waals surface area contributed by atoms with E-state index >= 15 is 0 Å². The highest BCUT2D eigenvalue weighted by molar-refractivity contribution is 7.13. The molecule has 2 aliphatic carbocycles. The Balaban J connectivity index is 2.12. The number of hydrazine groups is 1. The van der Waals surface area contributed by atoms with Crippen LogP contribution in [-0.4, -0.2) is 24.4 Å². The molecule has 0 fully saturated rings. The van der Waals surface area contributed by atoms with Crippen LogP contribution in [0.4, 0.5) is 0 Å². The second kappa shape index (κ2) is 6.74. The van der Waals surface area contributed by atoms with E-state index in [0.717, 1.165) is 37.8 Å². The van der Waals surface area contributed by atoms with Gasteiger partial charge in [0.2, 0.25) is 0 Å².